The summed E-state index contributed by atoms with van der Waals surface area (Å²) in [5, 5.41) is 3.45. The molecule has 2 rings (SSSR count). The van der Waals surface area contributed by atoms with Gasteiger partial charge in [-0.1, -0.05) is 44.5 Å². The minimum absolute atomic E-state index is 0.225. The van der Waals surface area contributed by atoms with E-state index >= 15 is 0 Å². The first kappa shape index (κ1) is 16.2. The third-order valence-corrected chi connectivity index (χ3v) is 4.23. The van der Waals surface area contributed by atoms with Gasteiger partial charge in [0.2, 0.25) is 0 Å². The largest absolute Gasteiger partial charge is 0.377 e. The number of benzene rings is 1. The van der Waals surface area contributed by atoms with Gasteiger partial charge in [-0.2, -0.15) is 0 Å². The normalized spacial score (nSPS) is 22.2. The number of rotatable bonds is 7. The van der Waals surface area contributed by atoms with Crippen molar-refractivity contribution in [3.63, 3.8) is 0 Å². The predicted octanol–water partition coefficient (Wildman–Crippen LogP) is 3.54. The van der Waals surface area contributed by atoms with E-state index in [4.69, 9.17) is 4.74 Å². The van der Waals surface area contributed by atoms with Gasteiger partial charge in [0.25, 0.3) is 0 Å². The Morgan fingerprint density at radius 2 is 2.14 bits per heavy atom. The Bertz CT molecular complexity index is 458. The standard InChI is InChI=1S/C18H27NO2/c1-3-5-12-21-18-10-11-19-13-16(18)14-8-6-7-9-15(14)17(20)4-2/h6-9,16,18-19H,3-5,10-13H2,1-2H3. The van der Waals surface area contributed by atoms with Crippen molar-refractivity contribution in [3.8, 4) is 0 Å². The molecule has 1 heterocycles. The Labute approximate surface area is 128 Å². The van der Waals surface area contributed by atoms with Gasteiger partial charge in [0.1, 0.15) is 0 Å². The van der Waals surface area contributed by atoms with Gasteiger partial charge >= 0.3 is 0 Å². The highest BCUT2D eigenvalue weighted by Gasteiger charge is 2.29. The molecule has 3 nitrogen and oxygen atoms in total. The van der Waals surface area contributed by atoms with Crippen LogP contribution < -0.4 is 5.32 Å². The summed E-state index contributed by atoms with van der Waals surface area (Å²) in [6.07, 6.45) is 4.05. The van der Waals surface area contributed by atoms with Crippen molar-refractivity contribution in [1.29, 1.82) is 0 Å². The van der Waals surface area contributed by atoms with Gasteiger partial charge in [-0.25, -0.2) is 0 Å². The summed E-state index contributed by atoms with van der Waals surface area (Å²) >= 11 is 0. The molecule has 1 N–H and O–H groups in total. The third-order valence-electron chi connectivity index (χ3n) is 4.23. The van der Waals surface area contributed by atoms with Crippen LogP contribution >= 0.6 is 0 Å². The van der Waals surface area contributed by atoms with Gasteiger partial charge in [0.15, 0.2) is 5.78 Å². The zero-order valence-corrected chi connectivity index (χ0v) is 13.2. The Morgan fingerprint density at radius 3 is 2.90 bits per heavy atom. The second kappa shape index (κ2) is 8.30. The van der Waals surface area contributed by atoms with Crippen molar-refractivity contribution in [2.45, 2.75) is 51.6 Å². The maximum absolute atomic E-state index is 12.2. The first-order valence-corrected chi connectivity index (χ1v) is 8.22. The van der Waals surface area contributed by atoms with Crippen LogP contribution in [-0.4, -0.2) is 31.6 Å². The highest BCUT2D eigenvalue weighted by atomic mass is 16.5. The van der Waals surface area contributed by atoms with Gasteiger partial charge in [-0.15, -0.1) is 0 Å². The number of unbranched alkanes of at least 4 members (excludes halogenated alkanes) is 1. The van der Waals surface area contributed by atoms with Crippen molar-refractivity contribution in [2.24, 2.45) is 0 Å². The molecule has 2 unspecified atom stereocenters. The summed E-state index contributed by atoms with van der Waals surface area (Å²) < 4.78 is 6.11. The lowest BCUT2D eigenvalue weighted by Gasteiger charge is -2.33. The van der Waals surface area contributed by atoms with Crippen LogP contribution in [0.15, 0.2) is 24.3 Å². The van der Waals surface area contributed by atoms with Crippen molar-refractivity contribution in [2.75, 3.05) is 19.7 Å². The van der Waals surface area contributed by atoms with E-state index in [1.165, 1.54) is 0 Å². The van der Waals surface area contributed by atoms with E-state index in [9.17, 15) is 4.79 Å². The molecule has 1 fully saturated rings. The molecule has 0 aromatic heterocycles. The third kappa shape index (κ3) is 4.14. The van der Waals surface area contributed by atoms with E-state index in [0.717, 1.165) is 50.1 Å². The van der Waals surface area contributed by atoms with Gasteiger partial charge in [0.05, 0.1) is 6.10 Å². The highest BCUT2D eigenvalue weighted by molar-refractivity contribution is 5.97. The summed E-state index contributed by atoms with van der Waals surface area (Å²) in [4.78, 5) is 12.2. The van der Waals surface area contributed by atoms with Gasteiger partial charge in [-0.05, 0) is 24.9 Å². The molecule has 0 aliphatic carbocycles. The summed E-state index contributed by atoms with van der Waals surface area (Å²) in [7, 11) is 0. The average molecular weight is 289 g/mol. The molecule has 1 aromatic carbocycles. The minimum atomic E-state index is 0.225. The highest BCUT2D eigenvalue weighted by Crippen LogP contribution is 2.29. The topological polar surface area (TPSA) is 38.3 Å². The van der Waals surface area contributed by atoms with E-state index in [-0.39, 0.29) is 17.8 Å². The average Bonchev–Trinajstić information content (AvgIpc) is 2.55. The van der Waals surface area contributed by atoms with Crippen LogP contribution in [0.25, 0.3) is 0 Å². The maximum atomic E-state index is 12.2. The Morgan fingerprint density at radius 1 is 1.33 bits per heavy atom. The van der Waals surface area contributed by atoms with Crippen molar-refractivity contribution >= 4 is 5.78 Å². The molecule has 1 aliphatic heterocycles. The lowest BCUT2D eigenvalue weighted by atomic mass is 9.84. The monoisotopic (exact) mass is 289 g/mol. The van der Waals surface area contributed by atoms with Gasteiger partial charge in [0, 0.05) is 31.1 Å². The molecule has 3 heteroatoms. The summed E-state index contributed by atoms with van der Waals surface area (Å²) in [5.74, 6) is 0.505. The molecule has 2 atom stereocenters. The Kier molecular flexibility index (Phi) is 6.40. The quantitative estimate of drug-likeness (QED) is 0.616. The maximum Gasteiger partial charge on any atom is 0.162 e. The van der Waals surface area contributed by atoms with Crippen LogP contribution in [0.5, 0.6) is 0 Å². The number of Topliss-reactive ketones (excluding diaryl/α,β-unsaturated/α-hetero) is 1. The fourth-order valence-electron chi connectivity index (χ4n) is 2.99. The van der Waals surface area contributed by atoms with Crippen LogP contribution in [0.3, 0.4) is 0 Å². The molecule has 116 valence electrons. The molecular formula is C18H27NO2. The molecule has 21 heavy (non-hydrogen) atoms. The molecule has 1 aliphatic rings. The van der Waals surface area contributed by atoms with E-state index in [1.807, 2.05) is 25.1 Å². The van der Waals surface area contributed by atoms with Crippen molar-refractivity contribution in [3.05, 3.63) is 35.4 Å². The molecule has 0 spiro atoms. The van der Waals surface area contributed by atoms with E-state index in [2.05, 4.69) is 18.3 Å². The molecular weight excluding hydrogens is 262 g/mol. The zero-order valence-electron chi connectivity index (χ0n) is 13.2. The van der Waals surface area contributed by atoms with E-state index in [0.29, 0.717) is 6.42 Å². The zero-order chi connectivity index (χ0) is 15.1. The van der Waals surface area contributed by atoms with Crippen molar-refractivity contribution in [1.82, 2.24) is 5.32 Å². The SMILES string of the molecule is CCCCOC1CCNCC1c1ccccc1C(=O)CC. The van der Waals surface area contributed by atoms with Crippen LogP contribution in [-0.2, 0) is 4.74 Å². The second-order valence-electron chi connectivity index (χ2n) is 5.73. The number of hydrogen-bond donors (Lipinski definition) is 1. The number of ketones is 1. The van der Waals surface area contributed by atoms with Crippen molar-refractivity contribution < 1.29 is 9.53 Å². The first-order chi connectivity index (χ1) is 10.3. The molecule has 0 bridgehead atoms. The summed E-state index contributed by atoms with van der Waals surface area (Å²) in [6, 6.07) is 8.03. The van der Waals surface area contributed by atoms with Gasteiger partial charge < -0.3 is 10.1 Å². The molecule has 0 saturated carbocycles. The number of ether oxygens (including phenoxy) is 1. The fraction of sp³-hybridized carbons (Fsp3) is 0.611. The molecule has 0 amide bonds. The smallest absolute Gasteiger partial charge is 0.162 e. The second-order valence-corrected chi connectivity index (χ2v) is 5.73. The number of carbonyl (C=O) groups excluding carboxylic acids is 1. The number of carbonyl (C=O) groups is 1. The predicted molar refractivity (Wildman–Crippen MR) is 85.9 cm³/mol. The Hall–Kier alpha value is -1.19. The first-order valence-electron chi connectivity index (χ1n) is 8.22. The Balaban J connectivity index is 2.18. The van der Waals surface area contributed by atoms with Crippen LogP contribution in [0.4, 0.5) is 0 Å². The fourth-order valence-corrected chi connectivity index (χ4v) is 2.99. The number of piperidine rings is 1. The lowest BCUT2D eigenvalue weighted by Crippen LogP contribution is -2.40. The molecule has 1 aromatic rings. The summed E-state index contributed by atoms with van der Waals surface area (Å²) in [6.45, 7) is 6.81. The van der Waals surface area contributed by atoms with Gasteiger partial charge in [-0.3, -0.25) is 4.79 Å². The minimum Gasteiger partial charge on any atom is -0.377 e. The summed E-state index contributed by atoms with van der Waals surface area (Å²) in [5.41, 5.74) is 2.02. The number of hydrogen-bond acceptors (Lipinski definition) is 3. The van der Waals surface area contributed by atoms with Crippen LogP contribution in [0.1, 0.15) is 61.4 Å². The molecule has 0 radical (unpaired) electrons. The van der Waals surface area contributed by atoms with Crippen LogP contribution in [0, 0.1) is 0 Å². The molecule has 1 saturated heterocycles. The number of nitrogens with one attached hydrogen (secondary N) is 1. The van der Waals surface area contributed by atoms with Crippen LogP contribution in [0.2, 0.25) is 0 Å². The van der Waals surface area contributed by atoms with E-state index in [1.54, 1.807) is 0 Å². The van der Waals surface area contributed by atoms with E-state index < -0.39 is 0 Å². The lowest BCUT2D eigenvalue weighted by molar-refractivity contribution is 0.0166.